The number of nitrogens with one attached hydrogen (secondary N) is 1. The van der Waals surface area contributed by atoms with Crippen molar-refractivity contribution in [3.8, 4) is 10.6 Å². The molecule has 1 aliphatic rings. The Labute approximate surface area is 132 Å². The van der Waals surface area contributed by atoms with E-state index < -0.39 is 5.56 Å². The van der Waals surface area contributed by atoms with Crippen LogP contribution in [0.4, 0.5) is 5.69 Å². The van der Waals surface area contributed by atoms with E-state index in [4.69, 9.17) is 5.73 Å². The summed E-state index contributed by atoms with van der Waals surface area (Å²) in [5.74, 6) is -0.191. The standard InChI is InChI=1S/C15H18N4O2S/c16-11-8-12(13-6-3-7-22-13)18-19(15(11)21)9-14(20)17-10-4-1-2-5-10/h3,6-8,10H,1-2,4-5,9,16H2,(H,17,20). The molecule has 3 N–H and O–H groups in total. The van der Waals surface area contributed by atoms with Crippen molar-refractivity contribution in [2.75, 3.05) is 5.73 Å². The third-order valence-electron chi connectivity index (χ3n) is 3.79. The first-order valence-corrected chi connectivity index (χ1v) is 8.22. The van der Waals surface area contributed by atoms with Crippen LogP contribution in [0.2, 0.25) is 0 Å². The molecule has 0 atom stereocenters. The van der Waals surface area contributed by atoms with Crippen molar-refractivity contribution in [2.45, 2.75) is 38.3 Å². The van der Waals surface area contributed by atoms with Gasteiger partial charge in [0.15, 0.2) is 0 Å². The van der Waals surface area contributed by atoms with Gasteiger partial charge in [0.1, 0.15) is 17.9 Å². The normalized spacial score (nSPS) is 15.1. The minimum absolute atomic E-state index is 0.0985. The number of amides is 1. The Kier molecular flexibility index (Phi) is 4.24. The summed E-state index contributed by atoms with van der Waals surface area (Å²) in [6.07, 6.45) is 4.30. The number of nitrogens with zero attached hydrogens (tertiary/aromatic N) is 2. The molecule has 0 spiro atoms. The largest absolute Gasteiger partial charge is 0.394 e. The van der Waals surface area contributed by atoms with E-state index in [2.05, 4.69) is 10.4 Å². The van der Waals surface area contributed by atoms with Crippen LogP contribution in [0.15, 0.2) is 28.4 Å². The molecular weight excluding hydrogens is 300 g/mol. The molecule has 0 unspecified atom stereocenters. The first-order chi connectivity index (χ1) is 10.6. The van der Waals surface area contributed by atoms with Gasteiger partial charge in [-0.05, 0) is 30.4 Å². The van der Waals surface area contributed by atoms with Crippen LogP contribution in [0.5, 0.6) is 0 Å². The van der Waals surface area contributed by atoms with Crippen molar-refractivity contribution < 1.29 is 4.79 Å². The van der Waals surface area contributed by atoms with E-state index in [0.29, 0.717) is 5.69 Å². The molecule has 2 heterocycles. The highest BCUT2D eigenvalue weighted by Crippen LogP contribution is 2.22. The van der Waals surface area contributed by atoms with E-state index in [1.165, 1.54) is 11.3 Å². The molecular formula is C15H18N4O2S. The van der Waals surface area contributed by atoms with Crippen molar-refractivity contribution in [1.29, 1.82) is 0 Å². The van der Waals surface area contributed by atoms with Gasteiger partial charge in [-0.2, -0.15) is 5.10 Å². The van der Waals surface area contributed by atoms with E-state index in [-0.39, 0.29) is 24.2 Å². The van der Waals surface area contributed by atoms with E-state index in [9.17, 15) is 9.59 Å². The Morgan fingerprint density at radius 1 is 1.45 bits per heavy atom. The van der Waals surface area contributed by atoms with Gasteiger partial charge in [0.05, 0.1) is 4.88 Å². The van der Waals surface area contributed by atoms with Gasteiger partial charge in [0.25, 0.3) is 5.56 Å². The zero-order chi connectivity index (χ0) is 15.5. The number of anilines is 1. The first-order valence-electron chi connectivity index (χ1n) is 7.34. The average molecular weight is 318 g/mol. The first kappa shape index (κ1) is 14.8. The van der Waals surface area contributed by atoms with Crippen LogP contribution < -0.4 is 16.6 Å². The number of hydrogen-bond donors (Lipinski definition) is 2. The quantitative estimate of drug-likeness (QED) is 0.896. The van der Waals surface area contributed by atoms with Crippen LogP contribution in [0.3, 0.4) is 0 Å². The number of rotatable bonds is 4. The van der Waals surface area contributed by atoms with Gasteiger partial charge in [0.2, 0.25) is 5.91 Å². The van der Waals surface area contributed by atoms with Crippen molar-refractivity contribution >= 4 is 22.9 Å². The molecule has 1 fully saturated rings. The molecule has 1 saturated carbocycles. The summed E-state index contributed by atoms with van der Waals surface area (Å²) in [6.45, 7) is -0.0985. The van der Waals surface area contributed by atoms with Gasteiger partial charge < -0.3 is 11.1 Å². The SMILES string of the molecule is Nc1cc(-c2cccs2)nn(CC(=O)NC2CCCC2)c1=O. The predicted octanol–water partition coefficient (Wildman–Crippen LogP) is 1.61. The fourth-order valence-corrected chi connectivity index (χ4v) is 3.38. The second-order valence-corrected chi connectivity index (χ2v) is 6.42. The third kappa shape index (κ3) is 3.19. The molecule has 0 aliphatic heterocycles. The van der Waals surface area contributed by atoms with Gasteiger partial charge in [-0.15, -0.1) is 11.3 Å². The van der Waals surface area contributed by atoms with Gasteiger partial charge in [-0.25, -0.2) is 4.68 Å². The monoisotopic (exact) mass is 318 g/mol. The molecule has 0 aromatic carbocycles. The number of hydrogen-bond acceptors (Lipinski definition) is 5. The summed E-state index contributed by atoms with van der Waals surface area (Å²) in [5.41, 5.74) is 6.05. The van der Waals surface area contributed by atoms with Crippen LogP contribution >= 0.6 is 11.3 Å². The summed E-state index contributed by atoms with van der Waals surface area (Å²) in [7, 11) is 0. The molecule has 116 valence electrons. The Morgan fingerprint density at radius 3 is 2.91 bits per heavy atom. The van der Waals surface area contributed by atoms with E-state index in [1.807, 2.05) is 17.5 Å². The molecule has 3 rings (SSSR count). The number of nitrogen functional groups attached to an aromatic ring is 1. The van der Waals surface area contributed by atoms with E-state index >= 15 is 0 Å². The molecule has 0 bridgehead atoms. The lowest BCUT2D eigenvalue weighted by atomic mass is 10.2. The molecule has 0 radical (unpaired) electrons. The summed E-state index contributed by atoms with van der Waals surface area (Å²) in [5, 5.41) is 9.14. The third-order valence-corrected chi connectivity index (χ3v) is 4.68. The van der Waals surface area contributed by atoms with Gasteiger partial charge in [0, 0.05) is 6.04 Å². The van der Waals surface area contributed by atoms with Gasteiger partial charge in [-0.3, -0.25) is 9.59 Å². The molecule has 1 aliphatic carbocycles. The van der Waals surface area contributed by atoms with Crippen LogP contribution in [0.1, 0.15) is 25.7 Å². The highest BCUT2D eigenvalue weighted by molar-refractivity contribution is 7.13. The lowest BCUT2D eigenvalue weighted by molar-refractivity contribution is -0.122. The Hall–Kier alpha value is -2.15. The van der Waals surface area contributed by atoms with Crippen LogP contribution in [-0.2, 0) is 11.3 Å². The molecule has 1 amide bonds. The number of carbonyl (C=O) groups is 1. The summed E-state index contributed by atoms with van der Waals surface area (Å²) >= 11 is 1.51. The Bertz CT molecular complexity index is 718. The minimum atomic E-state index is -0.429. The number of carbonyl (C=O) groups excluding carboxylic acids is 1. The highest BCUT2D eigenvalue weighted by atomic mass is 32.1. The number of thiophene rings is 1. The molecule has 6 nitrogen and oxygen atoms in total. The van der Waals surface area contributed by atoms with Crippen LogP contribution in [-0.4, -0.2) is 21.7 Å². The zero-order valence-corrected chi connectivity index (χ0v) is 12.9. The Balaban J connectivity index is 1.80. The van der Waals surface area contributed by atoms with Crippen molar-refractivity contribution in [2.24, 2.45) is 0 Å². The van der Waals surface area contributed by atoms with Crippen LogP contribution in [0.25, 0.3) is 10.6 Å². The fraction of sp³-hybridized carbons (Fsp3) is 0.400. The summed E-state index contributed by atoms with van der Waals surface area (Å²) in [6, 6.07) is 5.58. The smallest absolute Gasteiger partial charge is 0.290 e. The summed E-state index contributed by atoms with van der Waals surface area (Å²) < 4.78 is 1.15. The lowest BCUT2D eigenvalue weighted by Crippen LogP contribution is -2.38. The second-order valence-electron chi connectivity index (χ2n) is 5.47. The Morgan fingerprint density at radius 2 is 2.23 bits per heavy atom. The maximum Gasteiger partial charge on any atom is 0.290 e. The average Bonchev–Trinajstić information content (AvgIpc) is 3.16. The van der Waals surface area contributed by atoms with Crippen molar-refractivity contribution in [3.63, 3.8) is 0 Å². The van der Waals surface area contributed by atoms with Crippen molar-refractivity contribution in [1.82, 2.24) is 15.1 Å². The zero-order valence-electron chi connectivity index (χ0n) is 12.1. The minimum Gasteiger partial charge on any atom is -0.394 e. The van der Waals surface area contributed by atoms with Crippen molar-refractivity contribution in [3.05, 3.63) is 33.9 Å². The molecule has 2 aromatic heterocycles. The maximum atomic E-state index is 12.1. The van der Waals surface area contributed by atoms with Crippen LogP contribution in [0, 0.1) is 0 Å². The van der Waals surface area contributed by atoms with Gasteiger partial charge in [-0.1, -0.05) is 18.9 Å². The second kappa shape index (κ2) is 6.31. The fourth-order valence-electron chi connectivity index (χ4n) is 2.69. The molecule has 22 heavy (non-hydrogen) atoms. The number of nitrogens with two attached hydrogens (primary N) is 1. The predicted molar refractivity (Wildman–Crippen MR) is 86.6 cm³/mol. The topological polar surface area (TPSA) is 90.0 Å². The lowest BCUT2D eigenvalue weighted by Gasteiger charge is -2.13. The summed E-state index contributed by atoms with van der Waals surface area (Å²) in [4.78, 5) is 25.1. The van der Waals surface area contributed by atoms with E-state index in [0.717, 1.165) is 35.2 Å². The van der Waals surface area contributed by atoms with Gasteiger partial charge >= 0.3 is 0 Å². The highest BCUT2D eigenvalue weighted by Gasteiger charge is 2.18. The number of aromatic nitrogens is 2. The maximum absolute atomic E-state index is 12.1. The molecule has 2 aromatic rings. The molecule has 0 saturated heterocycles. The van der Waals surface area contributed by atoms with E-state index in [1.54, 1.807) is 6.07 Å². The molecule has 7 heteroatoms.